The maximum Gasteiger partial charge on any atom is 0.293 e. The minimum absolute atomic E-state index is 0.0743. The number of carbonyl (C=O) groups is 1. The van der Waals surface area contributed by atoms with E-state index in [1.54, 1.807) is 23.5 Å². The van der Waals surface area contributed by atoms with Crippen LogP contribution >= 0.6 is 23.6 Å². The Balaban J connectivity index is 1.20. The first-order valence-electron chi connectivity index (χ1n) is 12.4. The van der Waals surface area contributed by atoms with Gasteiger partial charge < -0.3 is 10.2 Å². The lowest BCUT2D eigenvalue weighted by molar-refractivity contribution is -0.384. The van der Waals surface area contributed by atoms with Crippen LogP contribution in [-0.2, 0) is 6.42 Å². The van der Waals surface area contributed by atoms with Crippen molar-refractivity contribution in [3.63, 3.8) is 0 Å². The van der Waals surface area contributed by atoms with Crippen molar-refractivity contribution in [1.82, 2.24) is 10.3 Å². The average molecular weight is 546 g/mol. The third kappa shape index (κ3) is 5.98. The fraction of sp³-hybridized carbons (Fsp3) is 0.250. The number of hydrogen-bond acceptors (Lipinski definition) is 7. The van der Waals surface area contributed by atoms with Crippen molar-refractivity contribution >= 4 is 61.9 Å². The number of benzene rings is 3. The molecule has 1 aliphatic heterocycles. The van der Waals surface area contributed by atoms with Crippen molar-refractivity contribution in [2.75, 3.05) is 23.3 Å². The number of anilines is 2. The molecule has 0 bridgehead atoms. The third-order valence-corrected chi connectivity index (χ3v) is 7.93. The number of para-hydroxylation sites is 1. The van der Waals surface area contributed by atoms with E-state index in [4.69, 9.17) is 12.2 Å². The van der Waals surface area contributed by atoms with Gasteiger partial charge in [-0.2, -0.15) is 0 Å². The summed E-state index contributed by atoms with van der Waals surface area (Å²) in [5.41, 5.74) is 3.50. The van der Waals surface area contributed by atoms with Gasteiger partial charge in [0.15, 0.2) is 5.11 Å². The number of fused-ring (bicyclic) bond motifs is 1. The lowest BCUT2D eigenvalue weighted by Crippen LogP contribution is -2.35. The number of nitrogens with zero attached hydrogens (tertiary/aromatic N) is 3. The van der Waals surface area contributed by atoms with Gasteiger partial charge in [-0.25, -0.2) is 4.98 Å². The monoisotopic (exact) mass is 545 g/mol. The number of thiocarbonyl (C=S) groups is 1. The van der Waals surface area contributed by atoms with E-state index in [2.05, 4.69) is 28.6 Å². The summed E-state index contributed by atoms with van der Waals surface area (Å²) in [6.07, 6.45) is 2.70. The molecule has 2 N–H and O–H groups in total. The molecule has 2 heterocycles. The van der Waals surface area contributed by atoms with Crippen LogP contribution in [0.3, 0.4) is 0 Å². The molecule has 5 rings (SSSR count). The van der Waals surface area contributed by atoms with Gasteiger partial charge in [-0.05, 0) is 72.9 Å². The van der Waals surface area contributed by atoms with Crippen molar-refractivity contribution in [3.8, 4) is 0 Å². The second-order valence-corrected chi connectivity index (χ2v) is 11.0. The molecule has 0 radical (unpaired) electrons. The van der Waals surface area contributed by atoms with Crippen LogP contribution in [0, 0.1) is 16.0 Å². The molecule has 1 aromatic heterocycles. The van der Waals surface area contributed by atoms with Gasteiger partial charge in [-0.3, -0.25) is 20.2 Å². The topological polar surface area (TPSA) is 100 Å². The molecule has 0 spiro atoms. The number of nitro groups is 1. The number of nitro benzene ring substituents is 1. The van der Waals surface area contributed by atoms with Gasteiger partial charge in [0.05, 0.1) is 20.1 Å². The Kier molecular flexibility index (Phi) is 7.62. The number of amides is 1. The molecule has 4 aromatic rings. The summed E-state index contributed by atoms with van der Waals surface area (Å²) in [4.78, 5) is 30.8. The van der Waals surface area contributed by atoms with E-state index in [1.165, 1.54) is 10.8 Å². The quantitative estimate of drug-likeness (QED) is 0.170. The summed E-state index contributed by atoms with van der Waals surface area (Å²) >= 11 is 7.00. The number of rotatable bonds is 6. The Hall–Kier alpha value is -3.89. The number of thiazole rings is 1. The fourth-order valence-electron chi connectivity index (χ4n) is 4.54. The SMILES string of the molecule is CC1CCN(c2ccc(C(=O)NC(=S)Nc3ccc(Cc4nc5ccccc5s4)cc3)cc2[N+](=O)[O-])CC1. The van der Waals surface area contributed by atoms with Gasteiger partial charge in [-0.1, -0.05) is 31.2 Å². The van der Waals surface area contributed by atoms with Crippen molar-refractivity contribution < 1.29 is 9.72 Å². The summed E-state index contributed by atoms with van der Waals surface area (Å²) in [6.45, 7) is 3.72. The van der Waals surface area contributed by atoms with Gasteiger partial charge in [0.2, 0.25) is 0 Å². The molecule has 194 valence electrons. The molecular weight excluding hydrogens is 518 g/mol. The molecule has 1 fully saturated rings. The minimum Gasteiger partial charge on any atom is -0.366 e. The van der Waals surface area contributed by atoms with Crippen LogP contribution in [0.4, 0.5) is 17.1 Å². The highest BCUT2D eigenvalue weighted by molar-refractivity contribution is 7.80. The van der Waals surface area contributed by atoms with Crippen LogP contribution in [0.15, 0.2) is 66.7 Å². The Morgan fingerprint density at radius 3 is 2.58 bits per heavy atom. The minimum atomic E-state index is -0.503. The molecule has 1 aliphatic rings. The standard InChI is InChI=1S/C28H27N5O3S2/c1-18-12-14-32(15-13-18)23-11-8-20(17-24(23)33(35)36)27(34)31-28(37)29-21-9-6-19(7-10-21)16-26-30-22-4-2-3-5-25(22)38-26/h2-11,17-18H,12-16H2,1H3,(H2,29,31,34,37). The molecule has 0 unspecified atom stereocenters. The summed E-state index contributed by atoms with van der Waals surface area (Å²) in [5, 5.41) is 18.5. The van der Waals surface area contributed by atoms with Crippen LogP contribution in [-0.4, -0.2) is 34.0 Å². The molecule has 1 saturated heterocycles. The summed E-state index contributed by atoms with van der Waals surface area (Å²) in [6, 6.07) is 20.4. The molecule has 10 heteroatoms. The molecule has 0 atom stereocenters. The first kappa shape index (κ1) is 25.7. The first-order chi connectivity index (χ1) is 18.4. The largest absolute Gasteiger partial charge is 0.366 e. The third-order valence-electron chi connectivity index (χ3n) is 6.69. The van der Waals surface area contributed by atoms with Crippen LogP contribution in [0.5, 0.6) is 0 Å². The molecule has 38 heavy (non-hydrogen) atoms. The normalized spacial score (nSPS) is 13.9. The number of piperidine rings is 1. The van der Waals surface area contributed by atoms with Crippen LogP contribution in [0.2, 0.25) is 0 Å². The zero-order chi connectivity index (χ0) is 26.6. The first-order valence-corrected chi connectivity index (χ1v) is 13.7. The van der Waals surface area contributed by atoms with Gasteiger partial charge in [0, 0.05) is 36.8 Å². The Morgan fingerprint density at radius 2 is 1.87 bits per heavy atom. The zero-order valence-corrected chi connectivity index (χ0v) is 22.5. The molecule has 0 aliphatic carbocycles. The average Bonchev–Trinajstić information content (AvgIpc) is 3.32. The van der Waals surface area contributed by atoms with E-state index in [9.17, 15) is 14.9 Å². The van der Waals surface area contributed by atoms with Gasteiger partial charge in [0.25, 0.3) is 11.6 Å². The highest BCUT2D eigenvalue weighted by atomic mass is 32.1. The van der Waals surface area contributed by atoms with Gasteiger partial charge in [0.1, 0.15) is 5.69 Å². The second kappa shape index (κ2) is 11.2. The highest BCUT2D eigenvalue weighted by Gasteiger charge is 2.25. The maximum absolute atomic E-state index is 12.8. The molecule has 1 amide bonds. The van der Waals surface area contributed by atoms with E-state index in [0.717, 1.165) is 54.1 Å². The Bertz CT molecular complexity index is 1460. The number of hydrogen-bond donors (Lipinski definition) is 2. The lowest BCUT2D eigenvalue weighted by Gasteiger charge is -2.31. The molecule has 8 nitrogen and oxygen atoms in total. The lowest BCUT2D eigenvalue weighted by atomic mass is 9.98. The zero-order valence-electron chi connectivity index (χ0n) is 20.8. The van der Waals surface area contributed by atoms with E-state index in [0.29, 0.717) is 11.6 Å². The summed E-state index contributed by atoms with van der Waals surface area (Å²) in [5.74, 6) is 0.107. The Morgan fingerprint density at radius 1 is 1.13 bits per heavy atom. The Labute approximate surface area is 229 Å². The van der Waals surface area contributed by atoms with Crippen LogP contribution in [0.1, 0.15) is 40.7 Å². The predicted octanol–water partition coefficient (Wildman–Crippen LogP) is 6.16. The van der Waals surface area contributed by atoms with Crippen LogP contribution < -0.4 is 15.5 Å². The number of aromatic nitrogens is 1. The van der Waals surface area contributed by atoms with Crippen molar-refractivity contribution in [3.05, 3.63) is 93.0 Å². The molecule has 0 saturated carbocycles. The van der Waals surface area contributed by atoms with Crippen LogP contribution in [0.25, 0.3) is 10.2 Å². The van der Waals surface area contributed by atoms with Crippen molar-refractivity contribution in [1.29, 1.82) is 0 Å². The fourth-order valence-corrected chi connectivity index (χ4v) is 5.75. The van der Waals surface area contributed by atoms with Gasteiger partial charge >= 0.3 is 0 Å². The second-order valence-electron chi connectivity index (χ2n) is 9.49. The highest BCUT2D eigenvalue weighted by Crippen LogP contribution is 2.32. The number of nitrogens with one attached hydrogen (secondary N) is 2. The van der Waals surface area contributed by atoms with E-state index < -0.39 is 10.8 Å². The summed E-state index contributed by atoms with van der Waals surface area (Å²) < 4.78 is 1.17. The van der Waals surface area contributed by atoms with Crippen molar-refractivity contribution in [2.45, 2.75) is 26.2 Å². The van der Waals surface area contributed by atoms with E-state index in [-0.39, 0.29) is 16.4 Å². The number of carbonyl (C=O) groups excluding carboxylic acids is 1. The van der Waals surface area contributed by atoms with Crippen molar-refractivity contribution in [2.24, 2.45) is 5.92 Å². The smallest absolute Gasteiger partial charge is 0.293 e. The predicted molar refractivity (Wildman–Crippen MR) is 156 cm³/mol. The van der Waals surface area contributed by atoms with Gasteiger partial charge in [-0.15, -0.1) is 11.3 Å². The molecular formula is C28H27N5O3S2. The maximum atomic E-state index is 12.8. The van der Waals surface area contributed by atoms with E-state index >= 15 is 0 Å². The van der Waals surface area contributed by atoms with E-state index in [1.807, 2.05) is 47.4 Å². The summed E-state index contributed by atoms with van der Waals surface area (Å²) in [7, 11) is 0. The molecule has 3 aromatic carbocycles.